The minimum Gasteiger partial charge on any atom is -0.326 e. The van der Waals surface area contributed by atoms with E-state index in [-0.39, 0.29) is 23.7 Å². The van der Waals surface area contributed by atoms with Crippen LogP contribution in [0.5, 0.6) is 0 Å². The Morgan fingerprint density at radius 1 is 1.08 bits per heavy atom. The molecule has 4 rings (SSSR count). The normalized spacial score (nSPS) is 18.2. The number of benzene rings is 1. The highest BCUT2D eigenvalue weighted by Gasteiger charge is 2.46. The highest BCUT2D eigenvalue weighted by molar-refractivity contribution is 6.05. The summed E-state index contributed by atoms with van der Waals surface area (Å²) in [6.07, 6.45) is 5.39. The quantitative estimate of drug-likeness (QED) is 0.654. The minimum atomic E-state index is -0.252. The third-order valence-electron chi connectivity index (χ3n) is 4.24. The van der Waals surface area contributed by atoms with Gasteiger partial charge in [-0.1, -0.05) is 6.07 Å². The first-order chi connectivity index (χ1) is 12.7. The van der Waals surface area contributed by atoms with E-state index in [2.05, 4.69) is 30.8 Å². The molecule has 0 unspecified atom stereocenters. The van der Waals surface area contributed by atoms with Gasteiger partial charge in [0.05, 0.1) is 0 Å². The molecule has 1 aromatic carbocycles. The summed E-state index contributed by atoms with van der Waals surface area (Å²) in [5, 5.41) is 12.3. The third kappa shape index (κ3) is 3.44. The molecular formula is C18H16N6O2. The summed E-state index contributed by atoms with van der Waals surface area (Å²) in [6.45, 7) is 0. The lowest BCUT2D eigenvalue weighted by molar-refractivity contribution is -0.117. The van der Waals surface area contributed by atoms with Crippen molar-refractivity contribution in [3.63, 3.8) is 0 Å². The molecule has 130 valence electrons. The number of amides is 2. The molecule has 0 saturated heterocycles. The largest absolute Gasteiger partial charge is 0.326 e. The van der Waals surface area contributed by atoms with E-state index in [0.717, 1.165) is 12.2 Å². The van der Waals surface area contributed by atoms with Crippen LogP contribution in [0.4, 0.5) is 11.4 Å². The Kier molecular flexibility index (Phi) is 4.14. The molecule has 26 heavy (non-hydrogen) atoms. The second kappa shape index (κ2) is 6.75. The number of nitrogens with one attached hydrogen (secondary N) is 3. The minimum absolute atomic E-state index is 0.0793. The van der Waals surface area contributed by atoms with Crippen LogP contribution in [-0.2, 0) is 4.79 Å². The number of pyridine rings is 1. The number of nitrogens with zero attached hydrogens (tertiary/aromatic N) is 3. The first-order valence-electron chi connectivity index (χ1n) is 8.18. The molecular weight excluding hydrogens is 332 g/mol. The molecule has 0 bridgehead atoms. The number of aromatic amines is 1. The van der Waals surface area contributed by atoms with Crippen molar-refractivity contribution >= 4 is 23.2 Å². The van der Waals surface area contributed by atoms with Crippen molar-refractivity contribution in [3.05, 3.63) is 66.5 Å². The number of carbonyl (C=O) groups excluding carboxylic acids is 2. The van der Waals surface area contributed by atoms with Crippen molar-refractivity contribution in [2.24, 2.45) is 5.92 Å². The second-order valence-electron chi connectivity index (χ2n) is 6.08. The number of hydrogen-bond acceptors (Lipinski definition) is 5. The first kappa shape index (κ1) is 15.9. The number of aromatic nitrogens is 4. The molecule has 2 aromatic heterocycles. The van der Waals surface area contributed by atoms with Gasteiger partial charge in [0, 0.05) is 41.2 Å². The smallest absolute Gasteiger partial charge is 0.255 e. The molecule has 0 radical (unpaired) electrons. The van der Waals surface area contributed by atoms with Crippen LogP contribution in [0.1, 0.15) is 28.5 Å². The molecule has 2 atom stereocenters. The van der Waals surface area contributed by atoms with Crippen molar-refractivity contribution in [1.29, 1.82) is 0 Å². The lowest BCUT2D eigenvalue weighted by atomic mass is 10.1. The van der Waals surface area contributed by atoms with Crippen LogP contribution in [0, 0.1) is 5.92 Å². The predicted octanol–water partition coefficient (Wildman–Crippen LogP) is 2.19. The van der Waals surface area contributed by atoms with Crippen LogP contribution in [-0.4, -0.2) is 32.0 Å². The van der Waals surface area contributed by atoms with Gasteiger partial charge < -0.3 is 10.6 Å². The Labute approximate surface area is 149 Å². The maximum atomic E-state index is 12.4. The van der Waals surface area contributed by atoms with E-state index < -0.39 is 0 Å². The van der Waals surface area contributed by atoms with Crippen LogP contribution in [0.25, 0.3) is 0 Å². The van der Waals surface area contributed by atoms with Crippen molar-refractivity contribution in [3.8, 4) is 0 Å². The molecule has 3 N–H and O–H groups in total. The van der Waals surface area contributed by atoms with Gasteiger partial charge in [-0.25, -0.2) is 4.98 Å². The molecule has 8 heteroatoms. The summed E-state index contributed by atoms with van der Waals surface area (Å²) in [6, 6.07) is 10.3. The average Bonchev–Trinajstić information content (AvgIpc) is 3.28. The summed E-state index contributed by atoms with van der Waals surface area (Å²) >= 11 is 0. The summed E-state index contributed by atoms with van der Waals surface area (Å²) in [5.41, 5.74) is 1.70. The molecule has 8 nitrogen and oxygen atoms in total. The molecule has 1 fully saturated rings. The molecule has 3 aromatic rings. The van der Waals surface area contributed by atoms with E-state index >= 15 is 0 Å². The molecule has 2 amide bonds. The van der Waals surface area contributed by atoms with Crippen LogP contribution >= 0.6 is 0 Å². The van der Waals surface area contributed by atoms with Crippen molar-refractivity contribution in [2.45, 2.75) is 12.3 Å². The van der Waals surface area contributed by atoms with E-state index in [1.54, 1.807) is 48.8 Å². The van der Waals surface area contributed by atoms with Gasteiger partial charge in [-0.2, -0.15) is 5.10 Å². The fourth-order valence-electron chi connectivity index (χ4n) is 2.79. The van der Waals surface area contributed by atoms with Crippen molar-refractivity contribution < 1.29 is 9.59 Å². The van der Waals surface area contributed by atoms with Gasteiger partial charge in [0.1, 0.15) is 12.2 Å². The highest BCUT2D eigenvalue weighted by atomic mass is 16.2. The number of hydrogen-bond donors (Lipinski definition) is 3. The van der Waals surface area contributed by atoms with Crippen LogP contribution in [0.2, 0.25) is 0 Å². The lowest BCUT2D eigenvalue weighted by Crippen LogP contribution is -2.16. The van der Waals surface area contributed by atoms with Crippen LogP contribution < -0.4 is 10.6 Å². The van der Waals surface area contributed by atoms with E-state index in [0.29, 0.717) is 16.9 Å². The van der Waals surface area contributed by atoms with Gasteiger partial charge in [-0.05, 0) is 36.8 Å². The Bertz CT molecular complexity index is 926. The number of H-pyrrole nitrogens is 1. The molecule has 1 saturated carbocycles. The number of rotatable bonds is 5. The van der Waals surface area contributed by atoms with Gasteiger partial charge in [-0.15, -0.1) is 0 Å². The molecule has 0 aliphatic heterocycles. The Morgan fingerprint density at radius 3 is 2.69 bits per heavy atom. The van der Waals surface area contributed by atoms with Crippen LogP contribution in [0.3, 0.4) is 0 Å². The van der Waals surface area contributed by atoms with E-state index in [1.165, 1.54) is 6.33 Å². The van der Waals surface area contributed by atoms with E-state index in [1.807, 2.05) is 0 Å². The Hall–Kier alpha value is -3.55. The van der Waals surface area contributed by atoms with Gasteiger partial charge in [0.15, 0.2) is 0 Å². The predicted molar refractivity (Wildman–Crippen MR) is 94.5 cm³/mol. The standard InChI is InChI=1S/C18H16N6O2/c25-17(22-12-4-6-19-7-5-12)11-2-1-3-13(8-11)23-18(26)15-9-14(15)16-20-10-21-24-16/h1-8,10,14-15H,9H2,(H,23,26)(H,19,22,25)(H,20,21,24)/t14-,15+/m0/s1. The Morgan fingerprint density at radius 2 is 1.92 bits per heavy atom. The fraction of sp³-hybridized carbons (Fsp3) is 0.167. The number of anilines is 2. The van der Waals surface area contributed by atoms with Gasteiger partial charge in [0.2, 0.25) is 5.91 Å². The lowest BCUT2D eigenvalue weighted by Gasteiger charge is -2.08. The summed E-state index contributed by atoms with van der Waals surface area (Å²) in [5.74, 6) is 0.347. The van der Waals surface area contributed by atoms with Gasteiger partial charge >= 0.3 is 0 Å². The van der Waals surface area contributed by atoms with Crippen molar-refractivity contribution in [1.82, 2.24) is 20.2 Å². The van der Waals surface area contributed by atoms with Crippen molar-refractivity contribution in [2.75, 3.05) is 10.6 Å². The maximum Gasteiger partial charge on any atom is 0.255 e. The monoisotopic (exact) mass is 348 g/mol. The fourth-order valence-corrected chi connectivity index (χ4v) is 2.79. The average molecular weight is 348 g/mol. The molecule has 1 aliphatic carbocycles. The zero-order valence-corrected chi connectivity index (χ0v) is 13.7. The van der Waals surface area contributed by atoms with Gasteiger partial charge in [0.25, 0.3) is 5.91 Å². The zero-order valence-electron chi connectivity index (χ0n) is 13.7. The highest BCUT2D eigenvalue weighted by Crippen LogP contribution is 2.46. The SMILES string of the molecule is O=C(Nc1ccncc1)c1cccc(NC(=O)[C@@H]2C[C@@H]2c2ncn[nH]2)c1. The topological polar surface area (TPSA) is 113 Å². The second-order valence-corrected chi connectivity index (χ2v) is 6.08. The van der Waals surface area contributed by atoms with Gasteiger partial charge in [-0.3, -0.25) is 19.7 Å². The maximum absolute atomic E-state index is 12.4. The third-order valence-corrected chi connectivity index (χ3v) is 4.24. The summed E-state index contributed by atoms with van der Waals surface area (Å²) in [7, 11) is 0. The number of carbonyl (C=O) groups is 2. The molecule has 1 aliphatic rings. The van der Waals surface area contributed by atoms with E-state index in [4.69, 9.17) is 0 Å². The molecule has 0 spiro atoms. The Balaban J connectivity index is 1.40. The molecule has 2 heterocycles. The summed E-state index contributed by atoms with van der Waals surface area (Å²) < 4.78 is 0. The van der Waals surface area contributed by atoms with Crippen LogP contribution in [0.15, 0.2) is 55.1 Å². The zero-order chi connectivity index (χ0) is 17.9. The summed E-state index contributed by atoms with van der Waals surface area (Å²) in [4.78, 5) is 32.7. The van der Waals surface area contributed by atoms with E-state index in [9.17, 15) is 9.59 Å². The first-order valence-corrected chi connectivity index (χ1v) is 8.18.